The van der Waals surface area contributed by atoms with Gasteiger partial charge < -0.3 is 18.6 Å². The van der Waals surface area contributed by atoms with Crippen molar-refractivity contribution in [2.45, 2.75) is 112 Å². The number of unbranched alkanes of at least 4 members (excludes halogenated alkanes) is 2. The molecule has 53 heavy (non-hydrogen) atoms. The first-order valence-electron chi connectivity index (χ1n) is 16.9. The van der Waals surface area contributed by atoms with Gasteiger partial charge >= 0.3 is 35.7 Å². The lowest BCUT2D eigenvalue weighted by Crippen LogP contribution is -2.59. The number of esters is 1. The van der Waals surface area contributed by atoms with Crippen molar-refractivity contribution in [2.75, 3.05) is 13.2 Å². The molecule has 15 heteroatoms. The molecular formula is C38H45F9O6. The van der Waals surface area contributed by atoms with Crippen LogP contribution in [0, 0.1) is 16.2 Å². The highest BCUT2D eigenvalue weighted by atomic mass is 19.4. The molecule has 0 radical (unpaired) electrons. The molecule has 0 spiro atoms. The van der Waals surface area contributed by atoms with E-state index < -0.39 is 76.7 Å². The lowest BCUT2D eigenvalue weighted by Gasteiger charge is -2.43. The molecule has 6 nitrogen and oxygen atoms in total. The maximum atomic E-state index is 14.8. The van der Waals surface area contributed by atoms with Crippen molar-refractivity contribution < 1.29 is 62.9 Å². The Balaban J connectivity index is 1.82. The summed E-state index contributed by atoms with van der Waals surface area (Å²) in [7, 11) is 0. The largest absolute Gasteiger partial charge is 0.573 e. The molecule has 0 aliphatic rings. The zero-order valence-electron chi connectivity index (χ0n) is 30.8. The van der Waals surface area contributed by atoms with Crippen molar-refractivity contribution in [1.29, 1.82) is 0 Å². The molecule has 0 N–H and O–H groups in total. The molecule has 1 unspecified atom stereocenters. The van der Waals surface area contributed by atoms with Crippen LogP contribution < -0.4 is 15.1 Å². The van der Waals surface area contributed by atoms with Crippen LogP contribution in [0.1, 0.15) is 86.6 Å². The Hall–Kier alpha value is -3.91. The first-order valence-corrected chi connectivity index (χ1v) is 16.9. The summed E-state index contributed by atoms with van der Waals surface area (Å²) < 4.78 is 147. The summed E-state index contributed by atoms with van der Waals surface area (Å²) in [6.07, 6.45) is -2.08. The van der Waals surface area contributed by atoms with E-state index in [0.29, 0.717) is 18.4 Å². The summed E-state index contributed by atoms with van der Waals surface area (Å²) >= 11 is 0. The minimum atomic E-state index is -6.05. The number of carbonyl (C=O) groups is 1. The number of hydrogen-bond donors (Lipinski definition) is 0. The van der Waals surface area contributed by atoms with Crippen molar-refractivity contribution in [3.05, 3.63) is 58.4 Å². The molecule has 0 bridgehead atoms. The molecule has 3 rings (SSSR count). The van der Waals surface area contributed by atoms with Gasteiger partial charge in [0.05, 0.1) is 11.0 Å². The normalized spacial score (nSPS) is 14.6. The Morgan fingerprint density at radius 2 is 1.38 bits per heavy atom. The van der Waals surface area contributed by atoms with Gasteiger partial charge in [0.1, 0.15) is 17.1 Å². The first-order chi connectivity index (χ1) is 24.0. The van der Waals surface area contributed by atoms with E-state index >= 15 is 0 Å². The summed E-state index contributed by atoms with van der Waals surface area (Å²) in [6, 6.07) is 8.08. The Morgan fingerprint density at radius 1 is 0.755 bits per heavy atom. The smallest absolute Gasteiger partial charge is 0.487 e. The molecule has 2 aromatic carbocycles. The third-order valence-electron chi connectivity index (χ3n) is 9.05. The van der Waals surface area contributed by atoms with Gasteiger partial charge in [0.2, 0.25) is 0 Å². The third-order valence-corrected chi connectivity index (χ3v) is 9.05. The summed E-state index contributed by atoms with van der Waals surface area (Å²) in [5.74, 6) is -19.6. The first kappa shape index (κ1) is 43.5. The zero-order valence-corrected chi connectivity index (χ0v) is 30.8. The highest BCUT2D eigenvalue weighted by Gasteiger charge is 2.72. The SMILES string of the molecule is CCCCCc1ccc(-c2cc3ccc(OCC(F)(F)C(F)(F)C(F)(F)COC(=O)C(C)(CC(C)(C)C)C(C)(C)C)cc3oc2=O)c(OC(F)(F)F)c1. The van der Waals surface area contributed by atoms with Gasteiger partial charge in [-0.25, -0.2) is 4.79 Å². The van der Waals surface area contributed by atoms with E-state index in [4.69, 9.17) is 9.15 Å². The maximum absolute atomic E-state index is 14.8. The lowest BCUT2D eigenvalue weighted by atomic mass is 9.61. The number of hydrogen-bond acceptors (Lipinski definition) is 6. The van der Waals surface area contributed by atoms with Crippen LogP contribution in [0.3, 0.4) is 0 Å². The summed E-state index contributed by atoms with van der Waals surface area (Å²) in [5, 5.41) is 0.0658. The minimum absolute atomic E-state index is 0.0658. The fourth-order valence-corrected chi connectivity index (χ4v) is 5.74. The van der Waals surface area contributed by atoms with Crippen LogP contribution in [0.2, 0.25) is 0 Å². The lowest BCUT2D eigenvalue weighted by molar-refractivity contribution is -0.323. The Morgan fingerprint density at radius 3 is 1.94 bits per heavy atom. The highest BCUT2D eigenvalue weighted by Crippen LogP contribution is 2.49. The van der Waals surface area contributed by atoms with Crippen LogP contribution in [0.5, 0.6) is 11.5 Å². The van der Waals surface area contributed by atoms with Crippen molar-refractivity contribution in [3.8, 4) is 22.6 Å². The number of halogens is 9. The predicted octanol–water partition coefficient (Wildman–Crippen LogP) is 11.4. The highest BCUT2D eigenvalue weighted by molar-refractivity contribution is 5.84. The topological polar surface area (TPSA) is 75.0 Å². The zero-order chi connectivity index (χ0) is 40.4. The van der Waals surface area contributed by atoms with Gasteiger partial charge in [-0.05, 0) is 66.8 Å². The molecule has 0 saturated heterocycles. The average molecular weight is 769 g/mol. The van der Waals surface area contributed by atoms with Crippen LogP contribution in [-0.4, -0.2) is 43.3 Å². The second-order valence-corrected chi connectivity index (χ2v) is 15.7. The van der Waals surface area contributed by atoms with E-state index in [2.05, 4.69) is 9.47 Å². The Kier molecular flexibility index (Phi) is 12.7. The molecule has 0 amide bonds. The van der Waals surface area contributed by atoms with Gasteiger partial charge in [-0.1, -0.05) is 73.4 Å². The van der Waals surface area contributed by atoms with Crippen molar-refractivity contribution in [3.63, 3.8) is 0 Å². The van der Waals surface area contributed by atoms with Crippen LogP contribution in [0.25, 0.3) is 22.1 Å². The molecule has 0 saturated carbocycles. The predicted molar refractivity (Wildman–Crippen MR) is 181 cm³/mol. The van der Waals surface area contributed by atoms with Crippen LogP contribution in [-0.2, 0) is 16.0 Å². The van der Waals surface area contributed by atoms with Gasteiger partial charge in [-0.15, -0.1) is 13.2 Å². The maximum Gasteiger partial charge on any atom is 0.573 e. The molecule has 296 valence electrons. The Labute approximate surface area is 302 Å². The minimum Gasteiger partial charge on any atom is -0.487 e. The quantitative estimate of drug-likeness (QED) is 0.0663. The number of alkyl halides is 9. The van der Waals surface area contributed by atoms with E-state index in [1.807, 2.05) is 6.92 Å². The number of ether oxygens (including phenoxy) is 3. The standard InChI is InChI=1S/C38H45F9O6/c1-9-10-11-12-23-13-16-26(29(17-23)53-38(45,46)47)27-18-24-14-15-25(19-28(24)52-30(27)48)50-21-35(39,40)37(43,44)36(41,42)22-51-31(49)34(8,33(5,6)7)20-32(2,3)4/h13-19H,9-12,20-22H2,1-8H3. The van der Waals surface area contributed by atoms with E-state index in [0.717, 1.165) is 37.1 Å². The van der Waals surface area contributed by atoms with Crippen LogP contribution in [0.15, 0.2) is 51.7 Å². The van der Waals surface area contributed by atoms with E-state index in [1.165, 1.54) is 25.1 Å². The van der Waals surface area contributed by atoms with Crippen molar-refractivity contribution in [2.24, 2.45) is 16.2 Å². The van der Waals surface area contributed by atoms with E-state index in [-0.39, 0.29) is 28.5 Å². The van der Waals surface area contributed by atoms with Gasteiger partial charge in [-0.2, -0.15) is 26.3 Å². The fraction of sp³-hybridized carbons (Fsp3) is 0.579. The molecule has 0 aliphatic heterocycles. The van der Waals surface area contributed by atoms with Gasteiger partial charge in [0.15, 0.2) is 13.2 Å². The molecule has 1 atom stereocenters. The number of rotatable bonds is 15. The van der Waals surface area contributed by atoms with Crippen LogP contribution >= 0.6 is 0 Å². The molecule has 1 aromatic heterocycles. The van der Waals surface area contributed by atoms with E-state index in [9.17, 15) is 49.1 Å². The third kappa shape index (κ3) is 10.4. The van der Waals surface area contributed by atoms with E-state index in [1.54, 1.807) is 41.5 Å². The summed E-state index contributed by atoms with van der Waals surface area (Å²) in [5.41, 5.74) is -4.37. The van der Waals surface area contributed by atoms with Gasteiger partial charge in [0.25, 0.3) is 0 Å². The Bertz CT molecular complexity index is 1800. The van der Waals surface area contributed by atoms with Gasteiger partial charge in [-0.3, -0.25) is 4.79 Å². The average Bonchev–Trinajstić information content (AvgIpc) is 3.00. The fourth-order valence-electron chi connectivity index (χ4n) is 5.74. The molecule has 1 heterocycles. The number of carbonyl (C=O) groups excluding carboxylic acids is 1. The van der Waals surface area contributed by atoms with Crippen molar-refractivity contribution in [1.82, 2.24) is 0 Å². The molecule has 3 aromatic rings. The number of aryl methyl sites for hydroxylation is 1. The summed E-state index contributed by atoms with van der Waals surface area (Å²) in [6.45, 7) is 9.02. The molecule has 0 fully saturated rings. The number of fused-ring (bicyclic) bond motifs is 1. The second-order valence-electron chi connectivity index (χ2n) is 15.7. The number of benzene rings is 2. The van der Waals surface area contributed by atoms with Crippen LogP contribution in [0.4, 0.5) is 39.5 Å². The molecule has 0 aliphatic carbocycles. The van der Waals surface area contributed by atoms with Gasteiger partial charge in [0, 0.05) is 17.0 Å². The monoisotopic (exact) mass is 768 g/mol. The summed E-state index contributed by atoms with van der Waals surface area (Å²) in [4.78, 5) is 25.9. The second kappa shape index (κ2) is 15.4. The molecular weight excluding hydrogens is 723 g/mol. The van der Waals surface area contributed by atoms with Crippen molar-refractivity contribution >= 4 is 16.9 Å².